The molecule has 2 heterocycles. The van der Waals surface area contributed by atoms with Crippen molar-refractivity contribution in [1.29, 1.82) is 0 Å². The minimum absolute atomic E-state index is 0.124. The second-order valence-electron chi connectivity index (χ2n) is 6.27. The Kier molecular flexibility index (Phi) is 3.18. The molecule has 0 amide bonds. The largest absolute Gasteiger partial charge is 0.416 e. The van der Waals surface area contributed by atoms with Gasteiger partial charge in [-0.05, 0) is 24.6 Å². The number of nitrogens with zero attached hydrogens (tertiary/aromatic N) is 1. The Morgan fingerprint density at radius 2 is 2.06 bits per heavy atom. The molecule has 98 valence electrons. The molecule has 4 atom stereocenters. The first kappa shape index (κ1) is 13.4. The lowest BCUT2D eigenvalue weighted by molar-refractivity contribution is -0.0148. The van der Waals surface area contributed by atoms with Crippen molar-refractivity contribution in [3.05, 3.63) is 4.85 Å². The maximum atomic E-state index is 5.98. The summed E-state index contributed by atoms with van der Waals surface area (Å²) < 4.78 is 11.9. The van der Waals surface area contributed by atoms with Crippen LogP contribution in [0.2, 0.25) is 0 Å². The molecule has 0 spiro atoms. The summed E-state index contributed by atoms with van der Waals surface area (Å²) in [4.78, 5) is 4.07. The molecule has 0 radical (unpaired) electrons. The fourth-order valence-electron chi connectivity index (χ4n) is 3.13. The molecule has 0 saturated carbocycles. The lowest BCUT2D eigenvalue weighted by Crippen LogP contribution is -2.43. The molecule has 2 fully saturated rings. The molecule has 2 rings (SSSR count). The molecule has 2 saturated heterocycles. The second kappa shape index (κ2) is 4.26. The fourth-order valence-corrected chi connectivity index (χ4v) is 3.13. The monoisotopic (exact) mass is 248 g/mol. The molecule has 3 heteroatoms. The van der Waals surface area contributed by atoms with E-state index in [9.17, 15) is 0 Å². The maximum Gasteiger partial charge on any atom is 0.416 e. The minimum atomic E-state index is -0.701. The third kappa shape index (κ3) is 1.66. The SMILES string of the molecule is C#CC(C)(C)C1COC2([N+]#C)C(C(C)C)COC12. The van der Waals surface area contributed by atoms with Gasteiger partial charge in [-0.15, -0.1) is 12.3 Å². The molecule has 4 unspecified atom stereocenters. The Bertz CT molecular complexity index is 415. The van der Waals surface area contributed by atoms with Gasteiger partial charge in [0, 0.05) is 11.3 Å². The van der Waals surface area contributed by atoms with Crippen LogP contribution in [0.1, 0.15) is 27.7 Å². The van der Waals surface area contributed by atoms with Crippen molar-refractivity contribution < 1.29 is 9.47 Å². The van der Waals surface area contributed by atoms with Gasteiger partial charge in [0.1, 0.15) is 0 Å². The third-order valence-electron chi connectivity index (χ3n) is 4.56. The molecule has 0 bridgehead atoms. The molecular weight excluding hydrogens is 226 g/mol. The molecular formula is C15H22NO2+. The predicted molar refractivity (Wildman–Crippen MR) is 71.2 cm³/mol. The van der Waals surface area contributed by atoms with E-state index in [0.717, 1.165) is 0 Å². The zero-order chi connectivity index (χ0) is 13.6. The smallest absolute Gasteiger partial charge is 0.365 e. The first-order chi connectivity index (χ1) is 8.39. The maximum absolute atomic E-state index is 5.98. The van der Waals surface area contributed by atoms with Crippen LogP contribution in [-0.4, -0.2) is 25.0 Å². The van der Waals surface area contributed by atoms with E-state index >= 15 is 0 Å². The van der Waals surface area contributed by atoms with Crippen LogP contribution in [0, 0.1) is 42.1 Å². The first-order valence-electron chi connectivity index (χ1n) is 6.54. The summed E-state index contributed by atoms with van der Waals surface area (Å²) in [5, 5.41) is 0. The van der Waals surface area contributed by atoms with E-state index in [-0.39, 0.29) is 23.4 Å². The molecule has 0 aromatic heterocycles. The van der Waals surface area contributed by atoms with Gasteiger partial charge < -0.3 is 9.47 Å². The highest BCUT2D eigenvalue weighted by atomic mass is 16.6. The van der Waals surface area contributed by atoms with Crippen LogP contribution in [0.4, 0.5) is 0 Å². The van der Waals surface area contributed by atoms with Crippen LogP contribution in [-0.2, 0) is 9.47 Å². The van der Waals surface area contributed by atoms with E-state index < -0.39 is 5.72 Å². The van der Waals surface area contributed by atoms with Crippen molar-refractivity contribution in [3.8, 4) is 18.9 Å². The lowest BCUT2D eigenvalue weighted by atomic mass is 9.74. The van der Waals surface area contributed by atoms with Crippen LogP contribution in [0.25, 0.3) is 4.85 Å². The topological polar surface area (TPSA) is 22.8 Å². The van der Waals surface area contributed by atoms with Crippen LogP contribution >= 0.6 is 0 Å². The van der Waals surface area contributed by atoms with Crippen LogP contribution in [0.15, 0.2) is 0 Å². The van der Waals surface area contributed by atoms with E-state index in [1.165, 1.54) is 0 Å². The van der Waals surface area contributed by atoms with E-state index in [2.05, 4.69) is 24.6 Å². The van der Waals surface area contributed by atoms with Crippen molar-refractivity contribution in [2.45, 2.75) is 39.5 Å². The van der Waals surface area contributed by atoms with Crippen LogP contribution in [0.5, 0.6) is 0 Å². The Labute approximate surface area is 110 Å². The average Bonchev–Trinajstić information content (AvgIpc) is 2.84. The molecule has 2 aliphatic heterocycles. The highest BCUT2D eigenvalue weighted by Gasteiger charge is 2.71. The Morgan fingerprint density at radius 3 is 2.56 bits per heavy atom. The summed E-state index contributed by atoms with van der Waals surface area (Å²) in [5.74, 6) is 3.59. The van der Waals surface area contributed by atoms with E-state index in [4.69, 9.17) is 22.5 Å². The molecule has 0 aromatic rings. The lowest BCUT2D eigenvalue weighted by Gasteiger charge is -2.27. The summed E-state index contributed by atoms with van der Waals surface area (Å²) in [6, 6.07) is 0. The van der Waals surface area contributed by atoms with Crippen molar-refractivity contribution in [3.63, 3.8) is 0 Å². The van der Waals surface area contributed by atoms with Gasteiger partial charge >= 0.3 is 5.72 Å². The number of ether oxygens (including phenoxy) is 2. The van der Waals surface area contributed by atoms with Crippen LogP contribution < -0.4 is 0 Å². The zero-order valence-corrected chi connectivity index (χ0v) is 11.6. The standard InChI is InChI=1S/C15H22NO2/c1-7-14(4,5)12-9-18-15(16-6)11(10(2)3)8-17-13(12)15/h1,6,10-13H,8-9H2,2-5H3/q+1. The highest BCUT2D eigenvalue weighted by molar-refractivity contribution is 5.18. The van der Waals surface area contributed by atoms with E-state index in [1.807, 2.05) is 13.8 Å². The highest BCUT2D eigenvalue weighted by Crippen LogP contribution is 2.52. The molecule has 18 heavy (non-hydrogen) atoms. The van der Waals surface area contributed by atoms with E-state index in [1.54, 1.807) is 0 Å². The number of hydrogen-bond acceptors (Lipinski definition) is 2. The van der Waals surface area contributed by atoms with Gasteiger partial charge in [-0.3, -0.25) is 0 Å². The molecule has 0 aromatic carbocycles. The quantitative estimate of drug-likeness (QED) is 0.701. The summed E-state index contributed by atoms with van der Waals surface area (Å²) in [7, 11) is 0. The number of terminal acetylenes is 1. The summed E-state index contributed by atoms with van der Waals surface area (Å²) in [6.07, 6.45) is 5.50. The van der Waals surface area contributed by atoms with Crippen molar-refractivity contribution in [1.82, 2.24) is 0 Å². The fraction of sp³-hybridized carbons (Fsp3) is 0.800. The molecule has 0 aliphatic carbocycles. The minimum Gasteiger partial charge on any atom is -0.365 e. The van der Waals surface area contributed by atoms with Gasteiger partial charge in [-0.2, -0.15) is 0 Å². The van der Waals surface area contributed by atoms with Crippen molar-refractivity contribution in [2.24, 2.45) is 23.2 Å². The van der Waals surface area contributed by atoms with Crippen molar-refractivity contribution in [2.75, 3.05) is 13.2 Å². The van der Waals surface area contributed by atoms with Gasteiger partial charge in [0.05, 0.1) is 19.1 Å². The van der Waals surface area contributed by atoms with Gasteiger partial charge in [-0.25, -0.2) is 0 Å². The van der Waals surface area contributed by atoms with Gasteiger partial charge in [-0.1, -0.05) is 13.8 Å². The molecule has 2 aliphatic rings. The Balaban J connectivity index is 2.34. The number of hydrogen-bond donors (Lipinski definition) is 0. The van der Waals surface area contributed by atoms with Gasteiger partial charge in [0.15, 0.2) is 6.10 Å². The summed E-state index contributed by atoms with van der Waals surface area (Å²) >= 11 is 0. The molecule has 0 N–H and O–H groups in total. The van der Waals surface area contributed by atoms with Gasteiger partial charge in [0.2, 0.25) is 0 Å². The number of rotatable bonds is 2. The van der Waals surface area contributed by atoms with Gasteiger partial charge in [0.25, 0.3) is 6.57 Å². The Morgan fingerprint density at radius 1 is 1.39 bits per heavy atom. The first-order valence-corrected chi connectivity index (χ1v) is 6.54. The van der Waals surface area contributed by atoms with Crippen molar-refractivity contribution >= 4 is 0 Å². The zero-order valence-electron chi connectivity index (χ0n) is 11.6. The molecule has 3 nitrogen and oxygen atoms in total. The predicted octanol–water partition coefficient (Wildman–Crippen LogP) is 2.62. The number of fused-ring (bicyclic) bond motifs is 1. The van der Waals surface area contributed by atoms with E-state index in [0.29, 0.717) is 19.1 Å². The average molecular weight is 248 g/mol. The van der Waals surface area contributed by atoms with Crippen LogP contribution in [0.3, 0.4) is 0 Å². The summed E-state index contributed by atoms with van der Waals surface area (Å²) in [5.41, 5.74) is -0.976. The normalized spacial score (nSPS) is 39.4. The second-order valence-corrected chi connectivity index (χ2v) is 6.27. The Hall–Kier alpha value is -1.03. The third-order valence-corrected chi connectivity index (χ3v) is 4.56. The summed E-state index contributed by atoms with van der Waals surface area (Å²) in [6.45, 7) is 15.2.